The van der Waals surface area contributed by atoms with Crippen molar-refractivity contribution in [3.63, 3.8) is 0 Å². The lowest BCUT2D eigenvalue weighted by atomic mass is 9.84. The lowest BCUT2D eigenvalue weighted by Gasteiger charge is -2.25. The van der Waals surface area contributed by atoms with Crippen LogP contribution in [0.4, 0.5) is 0 Å². The van der Waals surface area contributed by atoms with E-state index in [0.717, 1.165) is 36.8 Å². The van der Waals surface area contributed by atoms with Crippen LogP contribution in [0, 0.1) is 34.0 Å². The summed E-state index contributed by atoms with van der Waals surface area (Å²) in [7, 11) is 0. The van der Waals surface area contributed by atoms with Gasteiger partial charge in [0.1, 0.15) is 18.2 Å². The monoisotopic (exact) mass is 222 g/mol. The van der Waals surface area contributed by atoms with Gasteiger partial charge >= 0.3 is 0 Å². The molecule has 2 rings (SSSR count). The number of fused-ring (bicyclic) bond motifs is 1. The summed E-state index contributed by atoms with van der Waals surface area (Å²) in [5.74, 6) is 0. The highest BCUT2D eigenvalue weighted by Gasteiger charge is 2.24. The Hall–Kier alpha value is -2.51. The Kier molecular flexibility index (Phi) is 2.95. The zero-order valence-electron chi connectivity index (χ0n) is 9.25. The molecule has 1 heterocycles. The van der Waals surface area contributed by atoms with Crippen LogP contribution in [0.3, 0.4) is 0 Å². The number of nitriles is 3. The Morgan fingerprint density at radius 2 is 1.82 bits per heavy atom. The average Bonchev–Trinajstić information content (AvgIpc) is 2.39. The fourth-order valence-corrected chi connectivity index (χ4v) is 2.21. The molecule has 0 aromatic heterocycles. The number of nitrogens with zero attached hydrogens (tertiary/aromatic N) is 3. The second kappa shape index (κ2) is 4.56. The van der Waals surface area contributed by atoms with Gasteiger partial charge in [0.25, 0.3) is 0 Å². The molecule has 0 saturated heterocycles. The summed E-state index contributed by atoms with van der Waals surface area (Å²) in [6.45, 7) is 0. The highest BCUT2D eigenvalue weighted by Crippen LogP contribution is 2.35. The van der Waals surface area contributed by atoms with Gasteiger partial charge in [-0.3, -0.25) is 0 Å². The molecule has 0 aromatic carbocycles. The van der Waals surface area contributed by atoms with Crippen molar-refractivity contribution in [3.8, 4) is 18.2 Å². The Balaban J connectivity index is 2.58. The predicted molar refractivity (Wildman–Crippen MR) is 60.6 cm³/mol. The number of rotatable bonds is 0. The molecule has 0 atom stereocenters. The van der Waals surface area contributed by atoms with Gasteiger partial charge in [-0.25, -0.2) is 0 Å². The highest BCUT2D eigenvalue weighted by molar-refractivity contribution is 5.61. The minimum absolute atomic E-state index is 0.0325. The molecule has 4 heteroatoms. The van der Waals surface area contributed by atoms with Crippen LogP contribution in [0.5, 0.6) is 0 Å². The summed E-state index contributed by atoms with van der Waals surface area (Å²) in [6, 6.07) is 5.76. The van der Waals surface area contributed by atoms with E-state index in [2.05, 4.69) is 11.4 Å². The SMILES string of the molecule is N#CC(C#N)=C1NC=C2CCCCC2=C1C#N. The van der Waals surface area contributed by atoms with E-state index >= 15 is 0 Å². The first-order chi connectivity index (χ1) is 8.31. The number of dihydropyridines is 1. The third kappa shape index (κ3) is 1.80. The van der Waals surface area contributed by atoms with E-state index in [9.17, 15) is 5.26 Å². The van der Waals surface area contributed by atoms with Crippen LogP contribution in [0.1, 0.15) is 25.7 Å². The largest absolute Gasteiger partial charge is 0.359 e. The highest BCUT2D eigenvalue weighted by atomic mass is 14.9. The third-order valence-electron chi connectivity index (χ3n) is 3.04. The fourth-order valence-electron chi connectivity index (χ4n) is 2.21. The standard InChI is InChI=1S/C13H10N4/c14-5-10(6-15)13-12(7-16)11-4-2-1-3-9(11)8-17-13/h8,17H,1-4H2. The second-order valence-corrected chi connectivity index (χ2v) is 3.96. The van der Waals surface area contributed by atoms with E-state index in [1.165, 1.54) is 0 Å². The molecule has 82 valence electrons. The Labute approximate surface area is 99.8 Å². The van der Waals surface area contributed by atoms with Crippen molar-refractivity contribution in [1.82, 2.24) is 5.32 Å². The lowest BCUT2D eigenvalue weighted by Crippen LogP contribution is -2.19. The maximum absolute atomic E-state index is 9.21. The molecule has 2 aliphatic rings. The number of allylic oxidation sites excluding steroid dienone is 4. The Morgan fingerprint density at radius 3 is 2.47 bits per heavy atom. The van der Waals surface area contributed by atoms with E-state index in [1.807, 2.05) is 18.3 Å². The molecule has 1 N–H and O–H groups in total. The maximum Gasteiger partial charge on any atom is 0.154 e. The summed E-state index contributed by atoms with van der Waals surface area (Å²) < 4.78 is 0. The molecule has 1 saturated carbocycles. The molecule has 0 radical (unpaired) electrons. The molecule has 0 amide bonds. The fraction of sp³-hybridized carbons (Fsp3) is 0.308. The molecule has 1 aliphatic heterocycles. The van der Waals surface area contributed by atoms with Crippen LogP contribution >= 0.6 is 0 Å². The second-order valence-electron chi connectivity index (χ2n) is 3.96. The van der Waals surface area contributed by atoms with Gasteiger partial charge < -0.3 is 5.32 Å². The lowest BCUT2D eigenvalue weighted by molar-refractivity contribution is 0.665. The van der Waals surface area contributed by atoms with E-state index < -0.39 is 0 Å². The van der Waals surface area contributed by atoms with Crippen molar-refractivity contribution < 1.29 is 0 Å². The first-order valence-electron chi connectivity index (χ1n) is 5.46. The molecule has 0 bridgehead atoms. The minimum atomic E-state index is -0.0325. The van der Waals surface area contributed by atoms with Gasteiger partial charge in [0.2, 0.25) is 0 Å². The van der Waals surface area contributed by atoms with Gasteiger partial charge in [-0.1, -0.05) is 0 Å². The molecular formula is C13H10N4. The zero-order chi connectivity index (χ0) is 12.3. The van der Waals surface area contributed by atoms with Gasteiger partial charge in [-0.05, 0) is 36.8 Å². The van der Waals surface area contributed by atoms with E-state index in [0.29, 0.717) is 11.3 Å². The van der Waals surface area contributed by atoms with Crippen LogP contribution in [-0.2, 0) is 0 Å². The average molecular weight is 222 g/mol. The number of hydrogen-bond donors (Lipinski definition) is 1. The maximum atomic E-state index is 9.21. The normalized spacial score (nSPS) is 17.9. The van der Waals surface area contributed by atoms with Gasteiger partial charge in [0, 0.05) is 6.20 Å². The van der Waals surface area contributed by atoms with Crippen molar-refractivity contribution >= 4 is 0 Å². The van der Waals surface area contributed by atoms with Crippen molar-refractivity contribution in [3.05, 3.63) is 34.2 Å². The summed E-state index contributed by atoms with van der Waals surface area (Å²) >= 11 is 0. The van der Waals surface area contributed by atoms with Crippen LogP contribution in [0.25, 0.3) is 0 Å². The summed E-state index contributed by atoms with van der Waals surface area (Å²) in [5.41, 5.74) is 2.91. The van der Waals surface area contributed by atoms with Crippen LogP contribution in [-0.4, -0.2) is 0 Å². The van der Waals surface area contributed by atoms with Crippen molar-refractivity contribution in [2.75, 3.05) is 0 Å². The molecule has 4 nitrogen and oxygen atoms in total. The first kappa shape index (κ1) is 11.0. The van der Waals surface area contributed by atoms with Crippen molar-refractivity contribution in [2.45, 2.75) is 25.7 Å². The topological polar surface area (TPSA) is 83.4 Å². The van der Waals surface area contributed by atoms with E-state index in [4.69, 9.17) is 10.5 Å². The van der Waals surface area contributed by atoms with Crippen LogP contribution in [0.2, 0.25) is 0 Å². The predicted octanol–water partition coefficient (Wildman–Crippen LogP) is 2.17. The van der Waals surface area contributed by atoms with Gasteiger partial charge in [0.15, 0.2) is 5.57 Å². The van der Waals surface area contributed by atoms with E-state index in [-0.39, 0.29) is 5.57 Å². The Morgan fingerprint density at radius 1 is 1.12 bits per heavy atom. The third-order valence-corrected chi connectivity index (χ3v) is 3.04. The molecule has 1 aliphatic carbocycles. The van der Waals surface area contributed by atoms with Crippen LogP contribution < -0.4 is 5.32 Å². The van der Waals surface area contributed by atoms with E-state index in [1.54, 1.807) is 0 Å². The van der Waals surface area contributed by atoms with Crippen molar-refractivity contribution in [2.24, 2.45) is 0 Å². The first-order valence-corrected chi connectivity index (χ1v) is 5.46. The molecule has 17 heavy (non-hydrogen) atoms. The zero-order valence-corrected chi connectivity index (χ0v) is 9.25. The quantitative estimate of drug-likeness (QED) is 0.636. The molecular weight excluding hydrogens is 212 g/mol. The summed E-state index contributed by atoms with van der Waals surface area (Å²) in [5, 5.41) is 29.9. The number of nitrogens with one attached hydrogen (secondary N) is 1. The minimum Gasteiger partial charge on any atom is -0.359 e. The van der Waals surface area contributed by atoms with Gasteiger partial charge in [0.05, 0.1) is 11.3 Å². The summed E-state index contributed by atoms with van der Waals surface area (Å²) in [6.07, 6.45) is 5.80. The molecule has 0 spiro atoms. The van der Waals surface area contributed by atoms with Gasteiger partial charge in [-0.2, -0.15) is 15.8 Å². The van der Waals surface area contributed by atoms with Crippen molar-refractivity contribution in [1.29, 1.82) is 15.8 Å². The number of hydrogen-bond acceptors (Lipinski definition) is 4. The Bertz CT molecular complexity index is 554. The smallest absolute Gasteiger partial charge is 0.154 e. The summed E-state index contributed by atoms with van der Waals surface area (Å²) in [4.78, 5) is 0. The molecule has 1 fully saturated rings. The molecule has 0 aromatic rings. The van der Waals surface area contributed by atoms with Crippen LogP contribution in [0.15, 0.2) is 34.2 Å². The van der Waals surface area contributed by atoms with Gasteiger partial charge in [-0.15, -0.1) is 0 Å². The molecule has 0 unspecified atom stereocenters.